The van der Waals surface area contributed by atoms with Crippen LogP contribution in [0.5, 0.6) is 0 Å². The normalized spacial score (nSPS) is 28.4. The lowest BCUT2D eigenvalue weighted by molar-refractivity contribution is -0.270. The van der Waals surface area contributed by atoms with Crippen LogP contribution < -0.4 is 10.6 Å². The van der Waals surface area contributed by atoms with Crippen molar-refractivity contribution in [3.05, 3.63) is 12.7 Å². The van der Waals surface area contributed by atoms with E-state index in [-0.39, 0.29) is 11.8 Å². The van der Waals surface area contributed by atoms with Crippen LogP contribution in [-0.2, 0) is 19.1 Å². The Morgan fingerprint density at radius 1 is 1.19 bits per heavy atom. The molecule has 5 atom stereocenters. The number of aliphatic hydroxyl groups excluding tert-OH is 3. The van der Waals surface area contributed by atoms with Crippen molar-refractivity contribution in [1.29, 1.82) is 0 Å². The molecular weight excluding hydrogens is 344 g/mol. The molecule has 2 amide bonds. The maximum atomic E-state index is 11.3. The van der Waals surface area contributed by atoms with E-state index in [9.17, 15) is 24.9 Å². The second-order valence-corrected chi connectivity index (χ2v) is 6.21. The molecule has 150 valence electrons. The SMILES string of the molecule is C=CC(=O)NCCCCCCO[C@@H]1O[C@H](CO)[C@@H](O)[C@H](O)[C@H]1NC(C)=O. The Balaban J connectivity index is 2.34. The van der Waals surface area contributed by atoms with Gasteiger partial charge in [-0.15, -0.1) is 0 Å². The quantitative estimate of drug-likeness (QED) is 0.226. The lowest BCUT2D eigenvalue weighted by Gasteiger charge is -2.42. The molecule has 9 heteroatoms. The minimum atomic E-state index is -1.32. The van der Waals surface area contributed by atoms with E-state index >= 15 is 0 Å². The lowest BCUT2D eigenvalue weighted by atomic mass is 9.97. The van der Waals surface area contributed by atoms with Gasteiger partial charge < -0.3 is 35.4 Å². The topological polar surface area (TPSA) is 137 Å². The highest BCUT2D eigenvalue weighted by molar-refractivity contribution is 5.86. The fourth-order valence-corrected chi connectivity index (χ4v) is 2.68. The first-order valence-corrected chi connectivity index (χ1v) is 8.82. The zero-order chi connectivity index (χ0) is 19.5. The second kappa shape index (κ2) is 12.0. The Morgan fingerprint density at radius 3 is 2.50 bits per heavy atom. The van der Waals surface area contributed by atoms with Gasteiger partial charge in [0.15, 0.2) is 6.29 Å². The van der Waals surface area contributed by atoms with Crippen molar-refractivity contribution in [2.45, 2.75) is 63.3 Å². The average Bonchev–Trinajstić information content (AvgIpc) is 2.62. The van der Waals surface area contributed by atoms with Crippen LogP contribution in [0.4, 0.5) is 0 Å². The minimum absolute atomic E-state index is 0.189. The number of aliphatic hydroxyl groups is 3. The van der Waals surface area contributed by atoms with E-state index in [1.807, 2.05) is 0 Å². The van der Waals surface area contributed by atoms with Gasteiger partial charge in [0, 0.05) is 20.1 Å². The van der Waals surface area contributed by atoms with Crippen molar-refractivity contribution < 1.29 is 34.4 Å². The lowest BCUT2D eigenvalue weighted by Crippen LogP contribution is -2.64. The smallest absolute Gasteiger partial charge is 0.243 e. The van der Waals surface area contributed by atoms with Crippen molar-refractivity contribution in [1.82, 2.24) is 10.6 Å². The van der Waals surface area contributed by atoms with E-state index in [0.717, 1.165) is 25.7 Å². The molecular formula is C17H30N2O7. The van der Waals surface area contributed by atoms with E-state index in [2.05, 4.69) is 17.2 Å². The largest absolute Gasteiger partial charge is 0.394 e. The highest BCUT2D eigenvalue weighted by Gasteiger charge is 2.45. The Labute approximate surface area is 153 Å². The molecule has 0 aromatic rings. The summed E-state index contributed by atoms with van der Waals surface area (Å²) in [6, 6.07) is -0.917. The van der Waals surface area contributed by atoms with Gasteiger partial charge in [0.25, 0.3) is 0 Å². The van der Waals surface area contributed by atoms with Crippen molar-refractivity contribution in [3.8, 4) is 0 Å². The first-order chi connectivity index (χ1) is 12.4. The molecule has 0 unspecified atom stereocenters. The maximum Gasteiger partial charge on any atom is 0.243 e. The molecule has 1 saturated heterocycles. The van der Waals surface area contributed by atoms with Crippen LogP contribution in [0.25, 0.3) is 0 Å². The fraction of sp³-hybridized carbons (Fsp3) is 0.765. The number of amides is 2. The number of hydrogen-bond acceptors (Lipinski definition) is 7. The number of carbonyl (C=O) groups is 2. The molecule has 0 aromatic heterocycles. The first kappa shape index (κ1) is 22.5. The molecule has 0 spiro atoms. The molecule has 1 fully saturated rings. The van der Waals surface area contributed by atoms with Gasteiger partial charge in [-0.1, -0.05) is 19.4 Å². The maximum absolute atomic E-state index is 11.3. The monoisotopic (exact) mass is 374 g/mol. The number of hydrogen-bond donors (Lipinski definition) is 5. The summed E-state index contributed by atoms with van der Waals surface area (Å²) in [7, 11) is 0. The third-order valence-electron chi connectivity index (χ3n) is 4.09. The van der Waals surface area contributed by atoms with Gasteiger partial charge >= 0.3 is 0 Å². The number of unbranched alkanes of at least 4 members (excludes halogenated alkanes) is 3. The summed E-state index contributed by atoms with van der Waals surface area (Å²) in [6.07, 6.45) is 0.0170. The molecule has 1 aliphatic heterocycles. The molecule has 1 rings (SSSR count). The average molecular weight is 374 g/mol. The van der Waals surface area contributed by atoms with Crippen LogP contribution in [0.1, 0.15) is 32.6 Å². The highest BCUT2D eigenvalue weighted by atomic mass is 16.7. The van der Waals surface area contributed by atoms with Crippen molar-refractivity contribution in [2.75, 3.05) is 19.8 Å². The summed E-state index contributed by atoms with van der Waals surface area (Å²) in [5.41, 5.74) is 0. The predicted octanol–water partition coefficient (Wildman–Crippen LogP) is -1.19. The third kappa shape index (κ3) is 7.38. The summed E-state index contributed by atoms with van der Waals surface area (Å²) in [5.74, 6) is -0.576. The highest BCUT2D eigenvalue weighted by Crippen LogP contribution is 2.22. The summed E-state index contributed by atoms with van der Waals surface area (Å²) in [4.78, 5) is 22.3. The van der Waals surface area contributed by atoms with Gasteiger partial charge in [-0.2, -0.15) is 0 Å². The summed E-state index contributed by atoms with van der Waals surface area (Å²) < 4.78 is 11.1. The molecule has 9 nitrogen and oxygen atoms in total. The summed E-state index contributed by atoms with van der Waals surface area (Å²) >= 11 is 0. The van der Waals surface area contributed by atoms with E-state index in [1.54, 1.807) is 0 Å². The number of rotatable bonds is 11. The van der Waals surface area contributed by atoms with E-state index in [4.69, 9.17) is 9.47 Å². The molecule has 5 N–H and O–H groups in total. The molecule has 26 heavy (non-hydrogen) atoms. The Morgan fingerprint density at radius 2 is 1.88 bits per heavy atom. The molecule has 0 aliphatic carbocycles. The minimum Gasteiger partial charge on any atom is -0.394 e. The number of carbonyl (C=O) groups excluding carboxylic acids is 2. The second-order valence-electron chi connectivity index (χ2n) is 6.21. The van der Waals surface area contributed by atoms with Gasteiger partial charge in [0.2, 0.25) is 11.8 Å². The Hall–Kier alpha value is -1.52. The molecule has 1 heterocycles. The van der Waals surface area contributed by atoms with Gasteiger partial charge in [0.1, 0.15) is 24.4 Å². The van der Waals surface area contributed by atoms with E-state index in [1.165, 1.54) is 13.0 Å². The van der Waals surface area contributed by atoms with Crippen molar-refractivity contribution in [2.24, 2.45) is 0 Å². The van der Waals surface area contributed by atoms with Gasteiger partial charge in [-0.05, 0) is 18.9 Å². The fourth-order valence-electron chi connectivity index (χ4n) is 2.68. The standard InChI is InChI=1S/C17H30N2O7/c1-3-13(22)18-8-6-4-5-7-9-25-17-14(19-11(2)21)16(24)15(23)12(10-20)26-17/h3,12,14-17,20,23-24H,1,4-10H2,2H3,(H,18,22)(H,19,21)/t12-,14-,15-,16-,17-/m1/s1. The molecule has 0 bridgehead atoms. The van der Waals surface area contributed by atoms with Gasteiger partial charge in [-0.25, -0.2) is 0 Å². The Kier molecular flexibility index (Phi) is 10.4. The van der Waals surface area contributed by atoms with Gasteiger partial charge in [0.05, 0.1) is 6.61 Å². The predicted molar refractivity (Wildman–Crippen MR) is 93.0 cm³/mol. The third-order valence-corrected chi connectivity index (χ3v) is 4.09. The molecule has 1 aliphatic rings. The molecule has 0 aromatic carbocycles. The van der Waals surface area contributed by atoms with Crippen LogP contribution >= 0.6 is 0 Å². The van der Waals surface area contributed by atoms with Crippen LogP contribution in [0.15, 0.2) is 12.7 Å². The van der Waals surface area contributed by atoms with Crippen LogP contribution in [0.2, 0.25) is 0 Å². The van der Waals surface area contributed by atoms with Crippen LogP contribution in [0, 0.1) is 0 Å². The van der Waals surface area contributed by atoms with E-state index < -0.39 is 37.3 Å². The zero-order valence-electron chi connectivity index (χ0n) is 15.1. The van der Waals surface area contributed by atoms with Crippen LogP contribution in [-0.4, -0.2) is 77.5 Å². The number of nitrogens with one attached hydrogen (secondary N) is 2. The van der Waals surface area contributed by atoms with Crippen molar-refractivity contribution in [3.63, 3.8) is 0 Å². The summed E-state index contributed by atoms with van der Waals surface area (Å²) in [5, 5.41) is 34.5. The zero-order valence-corrected chi connectivity index (χ0v) is 15.1. The Bertz CT molecular complexity index is 460. The molecule has 0 radical (unpaired) electrons. The summed E-state index contributed by atoms with van der Waals surface area (Å²) in [6.45, 7) is 5.12. The van der Waals surface area contributed by atoms with E-state index in [0.29, 0.717) is 13.2 Å². The van der Waals surface area contributed by atoms with Crippen molar-refractivity contribution >= 4 is 11.8 Å². The molecule has 0 saturated carbocycles. The van der Waals surface area contributed by atoms with Gasteiger partial charge in [-0.3, -0.25) is 9.59 Å². The van der Waals surface area contributed by atoms with Crippen LogP contribution in [0.3, 0.4) is 0 Å². The number of ether oxygens (including phenoxy) is 2. The first-order valence-electron chi connectivity index (χ1n) is 8.82.